The number of nitrogens with zero attached hydrogens (tertiary/aromatic N) is 1. The fraction of sp³-hybridized carbons (Fsp3) is 0.526. The van der Waals surface area contributed by atoms with E-state index in [9.17, 15) is 14.4 Å². The molecule has 0 radical (unpaired) electrons. The number of ether oxygens (including phenoxy) is 2. The van der Waals surface area contributed by atoms with E-state index < -0.39 is 36.3 Å². The number of rotatable bonds is 5. The fourth-order valence-electron chi connectivity index (χ4n) is 3.48. The summed E-state index contributed by atoms with van der Waals surface area (Å²) in [7, 11) is 0. The number of imide groups is 1. The van der Waals surface area contributed by atoms with Crippen LogP contribution < -0.4 is 0 Å². The topological polar surface area (TPSA) is 72.9 Å². The summed E-state index contributed by atoms with van der Waals surface area (Å²) in [5.74, 6) is -1.99. The van der Waals surface area contributed by atoms with E-state index in [0.717, 1.165) is 36.6 Å². The molecule has 0 N–H and O–H groups in total. The number of hydrogen-bond donors (Lipinski definition) is 0. The van der Waals surface area contributed by atoms with Gasteiger partial charge in [0.15, 0.2) is 6.08 Å². The van der Waals surface area contributed by atoms with Gasteiger partial charge in [0.05, 0.1) is 26.5 Å². The smallest absolute Gasteiger partial charge is 0.303 e. The molecule has 1 aromatic carbocycles. The van der Waals surface area contributed by atoms with E-state index in [4.69, 9.17) is 10.8 Å². The van der Waals surface area contributed by atoms with Crippen LogP contribution in [0.2, 0.25) is 0 Å². The highest BCUT2D eigenvalue weighted by Gasteiger charge is 2.47. The lowest BCUT2D eigenvalue weighted by Gasteiger charge is -2.36. The maximum Gasteiger partial charge on any atom is 0.303 e. The van der Waals surface area contributed by atoms with Crippen molar-refractivity contribution in [2.75, 3.05) is 0 Å². The number of amides is 2. The molecule has 2 fully saturated rings. The van der Waals surface area contributed by atoms with Crippen molar-refractivity contribution in [3.63, 3.8) is 0 Å². The Kier molecular flexibility index (Phi) is 5.06. The van der Waals surface area contributed by atoms with Gasteiger partial charge in [-0.1, -0.05) is 43.2 Å². The molecule has 2 amide bonds. The second-order valence-electron chi connectivity index (χ2n) is 6.45. The van der Waals surface area contributed by atoms with Crippen LogP contribution in [0.3, 0.4) is 0 Å². The molecule has 6 nitrogen and oxygen atoms in total. The lowest BCUT2D eigenvalue weighted by Crippen LogP contribution is -2.50. The van der Waals surface area contributed by atoms with Gasteiger partial charge in [-0.15, -0.1) is 0 Å². The van der Waals surface area contributed by atoms with Crippen LogP contribution in [0, 0.1) is 0 Å². The van der Waals surface area contributed by atoms with E-state index in [1.807, 2.05) is 30.3 Å². The van der Waals surface area contributed by atoms with Crippen molar-refractivity contribution < 1.29 is 25.2 Å². The highest BCUT2D eigenvalue weighted by atomic mass is 16.5. The average molecular weight is 346 g/mol. The van der Waals surface area contributed by atoms with Crippen LogP contribution in [-0.2, 0) is 30.5 Å². The van der Waals surface area contributed by atoms with Gasteiger partial charge in [0.1, 0.15) is 0 Å². The monoisotopic (exact) mass is 346 g/mol. The summed E-state index contributed by atoms with van der Waals surface area (Å²) in [5.41, 5.74) is 1.02. The van der Waals surface area contributed by atoms with Crippen LogP contribution in [0.4, 0.5) is 0 Å². The molecule has 134 valence electrons. The van der Waals surface area contributed by atoms with Crippen LogP contribution in [0.5, 0.6) is 0 Å². The molecule has 0 aromatic heterocycles. The van der Waals surface area contributed by atoms with Gasteiger partial charge in [0, 0.05) is 6.92 Å². The van der Waals surface area contributed by atoms with Gasteiger partial charge in [-0.25, -0.2) is 0 Å². The molecule has 0 spiro atoms. The van der Waals surface area contributed by atoms with Gasteiger partial charge in [-0.05, 0) is 18.4 Å². The lowest BCUT2D eigenvalue weighted by atomic mass is 9.91. The second kappa shape index (κ2) is 7.78. The first-order valence-corrected chi connectivity index (χ1v) is 8.62. The maximum absolute atomic E-state index is 12.7. The molecule has 0 bridgehead atoms. The molecule has 1 saturated carbocycles. The van der Waals surface area contributed by atoms with E-state index in [1.54, 1.807) is 0 Å². The molecule has 2 aliphatic rings. The zero-order valence-electron chi connectivity index (χ0n) is 15.3. The average Bonchev–Trinajstić information content (AvgIpc) is 2.82. The molecular formula is C19H23NO5. The minimum atomic E-state index is -2.15. The zero-order valence-corrected chi connectivity index (χ0v) is 14.3. The number of esters is 1. The number of likely N-dealkylation sites (tertiary alicyclic amines) is 1. The minimum Gasteiger partial charge on any atom is -0.452 e. The largest absolute Gasteiger partial charge is 0.452 e. The Morgan fingerprint density at radius 2 is 1.96 bits per heavy atom. The van der Waals surface area contributed by atoms with Crippen LogP contribution in [0.1, 0.15) is 46.0 Å². The Balaban J connectivity index is 1.73. The van der Waals surface area contributed by atoms with Crippen molar-refractivity contribution in [1.82, 2.24) is 4.90 Å². The quantitative estimate of drug-likeness (QED) is 0.604. The Bertz CT molecular complexity index is 694. The molecule has 3 rings (SSSR count). The predicted molar refractivity (Wildman–Crippen MR) is 89.3 cm³/mol. The standard InChI is InChI=1S/C19H23NO5/c1-13(21)25-17-11-18(22)20(19(17)23)15-9-5-6-10-16(15)24-12-14-7-3-2-4-8-14/h2-4,7-8,15-17H,5-6,9-12H2,1H3/t15-,16-,17?/m1/s1/i17D. The van der Waals surface area contributed by atoms with Crippen molar-refractivity contribution in [3.05, 3.63) is 35.9 Å². The number of carbonyl (C=O) groups excluding carboxylic acids is 3. The summed E-state index contributed by atoms with van der Waals surface area (Å²) in [6, 6.07) is 9.28. The summed E-state index contributed by atoms with van der Waals surface area (Å²) in [6.07, 6.45) is 0.349. The summed E-state index contributed by atoms with van der Waals surface area (Å²) in [5, 5.41) is 0. The third-order valence-electron chi connectivity index (χ3n) is 4.61. The summed E-state index contributed by atoms with van der Waals surface area (Å²) < 4.78 is 19.0. The summed E-state index contributed by atoms with van der Waals surface area (Å²) in [4.78, 5) is 37.4. The number of benzene rings is 1. The molecule has 1 saturated heterocycles. The van der Waals surface area contributed by atoms with Crippen LogP contribution in [0.25, 0.3) is 0 Å². The van der Waals surface area contributed by atoms with E-state index in [0.29, 0.717) is 13.0 Å². The Labute approximate surface area is 148 Å². The minimum absolute atomic E-state index is 0.281. The molecular weight excluding hydrogens is 322 g/mol. The summed E-state index contributed by atoms with van der Waals surface area (Å²) >= 11 is 0. The number of carbonyl (C=O) groups is 3. The fourth-order valence-corrected chi connectivity index (χ4v) is 3.48. The highest BCUT2D eigenvalue weighted by Crippen LogP contribution is 2.31. The molecule has 6 heteroatoms. The Morgan fingerprint density at radius 3 is 2.68 bits per heavy atom. The van der Waals surface area contributed by atoms with Gasteiger partial charge in [-0.3, -0.25) is 19.3 Å². The van der Waals surface area contributed by atoms with E-state index in [-0.39, 0.29) is 6.10 Å². The molecule has 3 atom stereocenters. The van der Waals surface area contributed by atoms with Gasteiger partial charge in [0.2, 0.25) is 5.91 Å². The van der Waals surface area contributed by atoms with Crippen molar-refractivity contribution in [1.29, 1.82) is 0 Å². The molecule has 1 aromatic rings. The lowest BCUT2D eigenvalue weighted by molar-refractivity contribution is -0.158. The second-order valence-corrected chi connectivity index (χ2v) is 6.45. The summed E-state index contributed by atoms with van der Waals surface area (Å²) in [6.45, 7) is 1.53. The van der Waals surface area contributed by atoms with Gasteiger partial charge in [-0.2, -0.15) is 0 Å². The highest BCUT2D eigenvalue weighted by molar-refractivity contribution is 6.06. The zero-order chi connectivity index (χ0) is 18.7. The van der Waals surface area contributed by atoms with Crippen LogP contribution in [0.15, 0.2) is 30.3 Å². The molecule has 1 aliphatic carbocycles. The normalized spacial score (nSPS) is 30.3. The van der Waals surface area contributed by atoms with Gasteiger partial charge < -0.3 is 9.47 Å². The molecule has 1 heterocycles. The van der Waals surface area contributed by atoms with Gasteiger partial charge >= 0.3 is 5.97 Å². The molecule has 25 heavy (non-hydrogen) atoms. The van der Waals surface area contributed by atoms with E-state index in [2.05, 4.69) is 0 Å². The SMILES string of the molecule is [2H]C1(OC(C)=O)CC(=O)N([C@@H]2CCCC[C@H]2OCc2ccccc2)C1=O. The number of hydrogen-bond acceptors (Lipinski definition) is 5. The maximum atomic E-state index is 12.7. The first-order valence-electron chi connectivity index (χ1n) is 9.12. The van der Waals surface area contributed by atoms with Crippen molar-refractivity contribution in [3.8, 4) is 0 Å². The Morgan fingerprint density at radius 1 is 1.24 bits per heavy atom. The first kappa shape index (κ1) is 16.3. The third kappa shape index (κ3) is 4.07. The van der Waals surface area contributed by atoms with E-state index in [1.165, 1.54) is 0 Å². The molecule has 1 aliphatic heterocycles. The van der Waals surface area contributed by atoms with Crippen molar-refractivity contribution in [2.24, 2.45) is 0 Å². The predicted octanol–water partition coefficient (Wildman–Crippen LogP) is 2.21. The third-order valence-corrected chi connectivity index (χ3v) is 4.61. The van der Waals surface area contributed by atoms with E-state index >= 15 is 0 Å². The first-order chi connectivity index (χ1) is 12.4. The Hall–Kier alpha value is -2.21. The van der Waals surface area contributed by atoms with Crippen LogP contribution >= 0.6 is 0 Å². The molecule has 1 unspecified atom stereocenters. The van der Waals surface area contributed by atoms with Gasteiger partial charge in [0.25, 0.3) is 5.91 Å². The van der Waals surface area contributed by atoms with Crippen LogP contribution in [-0.4, -0.2) is 40.9 Å². The van der Waals surface area contributed by atoms with Crippen molar-refractivity contribution >= 4 is 17.8 Å². The van der Waals surface area contributed by atoms with Crippen molar-refractivity contribution in [2.45, 2.75) is 63.9 Å².